The molecule has 2 aliphatic rings. The molecule has 43 heavy (non-hydrogen) atoms. The van der Waals surface area contributed by atoms with Crippen molar-refractivity contribution in [2.24, 2.45) is 0 Å². The Kier molecular flexibility index (Phi) is 7.77. The highest BCUT2D eigenvalue weighted by molar-refractivity contribution is 6.36. The van der Waals surface area contributed by atoms with Gasteiger partial charge in [0.25, 0.3) is 0 Å². The zero-order chi connectivity index (χ0) is 30.0. The molecular weight excluding hydrogens is 564 g/mol. The molecule has 2 atom stereocenters. The molecule has 9 nitrogen and oxygen atoms in total. The van der Waals surface area contributed by atoms with Gasteiger partial charge in [0.15, 0.2) is 0 Å². The molecule has 214 valence electrons. The zero-order valence-corrected chi connectivity index (χ0v) is 24.2. The van der Waals surface area contributed by atoms with Gasteiger partial charge in [0.1, 0.15) is 13.9 Å². The van der Waals surface area contributed by atoms with Crippen LogP contribution in [0.25, 0.3) is 10.9 Å². The maximum Gasteiger partial charge on any atom is 0.212 e. The summed E-state index contributed by atoms with van der Waals surface area (Å²) >= 11 is 6.83. The van der Waals surface area contributed by atoms with Gasteiger partial charge in [0, 0.05) is 42.1 Å². The predicted molar refractivity (Wildman–Crippen MR) is 166 cm³/mol. The van der Waals surface area contributed by atoms with Crippen molar-refractivity contribution in [3.8, 4) is 12.1 Å². The standard InChI is InChI=1S/C31H28BClFN9/c32-31(21-8-11-28(34)37-17-21,27-18-43(42-41-27)23-9-10-23)40-22-13-24-29(20(15-36)16-38-30(24)25(33)14-22)39-26(7-4-12-35)19-5-2-1-3-6-19/h1-3,5-6,8,11,13-14,16-18,23,26,40-42H,4,7,9-10,32H2,(H,38,39)/t26-,31?/m0/s1. The molecule has 1 unspecified atom stereocenters. The highest BCUT2D eigenvalue weighted by Gasteiger charge is 2.38. The maximum atomic E-state index is 13.8. The van der Waals surface area contributed by atoms with Crippen LogP contribution < -0.4 is 21.6 Å². The van der Waals surface area contributed by atoms with E-state index in [1.165, 1.54) is 18.5 Å². The van der Waals surface area contributed by atoms with Gasteiger partial charge in [0.05, 0.1) is 45.0 Å². The monoisotopic (exact) mass is 591 g/mol. The Labute approximate surface area is 254 Å². The summed E-state index contributed by atoms with van der Waals surface area (Å²) < 4.78 is 13.8. The minimum atomic E-state index is -0.873. The number of hydrogen-bond acceptors (Lipinski definition) is 9. The van der Waals surface area contributed by atoms with E-state index < -0.39 is 11.4 Å². The number of anilines is 2. The number of pyridine rings is 2. The molecule has 4 aromatic rings. The molecule has 12 heteroatoms. The van der Waals surface area contributed by atoms with Gasteiger partial charge < -0.3 is 16.1 Å². The van der Waals surface area contributed by atoms with E-state index in [2.05, 4.69) is 43.7 Å². The molecular formula is C31H28BClFN9. The van der Waals surface area contributed by atoms with Crippen LogP contribution in [0.5, 0.6) is 0 Å². The summed E-state index contributed by atoms with van der Waals surface area (Å²) in [4.78, 5) is 8.42. The summed E-state index contributed by atoms with van der Waals surface area (Å²) in [6.45, 7) is 0. The molecule has 1 saturated carbocycles. The average molecular weight is 592 g/mol. The molecule has 1 fully saturated rings. The summed E-state index contributed by atoms with van der Waals surface area (Å²) in [5, 5.41) is 29.6. The van der Waals surface area contributed by atoms with Crippen LogP contribution >= 0.6 is 11.6 Å². The van der Waals surface area contributed by atoms with E-state index in [1.807, 2.05) is 55.5 Å². The highest BCUT2D eigenvalue weighted by Crippen LogP contribution is 2.39. The number of nitrogens with one attached hydrogen (secondary N) is 4. The molecule has 1 aliphatic heterocycles. The number of benzene rings is 2. The quantitative estimate of drug-likeness (QED) is 0.149. The lowest BCUT2D eigenvalue weighted by molar-refractivity contribution is 0.260. The first-order valence-electron chi connectivity index (χ1n) is 14.0. The van der Waals surface area contributed by atoms with Crippen molar-refractivity contribution in [1.29, 1.82) is 10.5 Å². The van der Waals surface area contributed by atoms with Gasteiger partial charge in [-0.1, -0.05) is 48.0 Å². The Morgan fingerprint density at radius 3 is 2.65 bits per heavy atom. The van der Waals surface area contributed by atoms with Crippen molar-refractivity contribution < 1.29 is 4.39 Å². The predicted octanol–water partition coefficient (Wildman–Crippen LogP) is 4.98. The first-order valence-corrected chi connectivity index (χ1v) is 14.4. The first-order chi connectivity index (χ1) is 20.9. The van der Waals surface area contributed by atoms with Crippen molar-refractivity contribution in [3.63, 3.8) is 0 Å². The second kappa shape index (κ2) is 11.8. The summed E-state index contributed by atoms with van der Waals surface area (Å²) in [7, 11) is 1.98. The number of nitrogens with zero attached hydrogens (tertiary/aromatic N) is 5. The van der Waals surface area contributed by atoms with Gasteiger partial charge in [-0.15, -0.1) is 5.53 Å². The van der Waals surface area contributed by atoms with Crippen LogP contribution in [0.1, 0.15) is 48.4 Å². The number of fused-ring (bicyclic) bond motifs is 1. The van der Waals surface area contributed by atoms with Gasteiger partial charge >= 0.3 is 0 Å². The minimum Gasteiger partial charge on any atom is -0.378 e. The Morgan fingerprint density at radius 2 is 1.95 bits per heavy atom. The summed E-state index contributed by atoms with van der Waals surface area (Å²) in [5.41, 5.74) is 10.3. The second-order valence-electron chi connectivity index (χ2n) is 10.9. The van der Waals surface area contributed by atoms with Crippen LogP contribution in [0.2, 0.25) is 5.02 Å². The topological polar surface area (TPSA) is 125 Å². The minimum absolute atomic E-state index is 0.225. The normalized spacial score (nSPS) is 16.4. The Bertz CT molecular complexity index is 1770. The van der Waals surface area contributed by atoms with Crippen LogP contribution in [0.15, 0.2) is 78.9 Å². The SMILES string of the molecule is BC(Nc1cc(Cl)c2ncc(C#N)c(N[C@@H](CCC#N)c3ccccc3)c2c1)(C1=CN(C2CC2)NN1)c1ccc(F)nc1. The van der Waals surface area contributed by atoms with E-state index in [0.717, 1.165) is 29.7 Å². The molecule has 0 amide bonds. The third-order valence-corrected chi connectivity index (χ3v) is 8.16. The van der Waals surface area contributed by atoms with Crippen molar-refractivity contribution in [1.82, 2.24) is 25.9 Å². The maximum absolute atomic E-state index is 13.8. The van der Waals surface area contributed by atoms with Crippen molar-refractivity contribution in [2.75, 3.05) is 10.6 Å². The van der Waals surface area contributed by atoms with E-state index >= 15 is 0 Å². The smallest absolute Gasteiger partial charge is 0.212 e. The van der Waals surface area contributed by atoms with Gasteiger partial charge in [-0.2, -0.15) is 14.9 Å². The Morgan fingerprint density at radius 1 is 1.14 bits per heavy atom. The molecule has 1 aliphatic carbocycles. The fourth-order valence-corrected chi connectivity index (χ4v) is 5.62. The molecule has 0 radical (unpaired) electrons. The first kappa shape index (κ1) is 28.3. The Hall–Kier alpha value is -4.84. The van der Waals surface area contributed by atoms with E-state index in [-0.39, 0.29) is 6.04 Å². The molecule has 0 spiro atoms. The van der Waals surface area contributed by atoms with Crippen LogP contribution in [-0.4, -0.2) is 28.9 Å². The van der Waals surface area contributed by atoms with Crippen molar-refractivity contribution in [3.05, 3.63) is 107 Å². The van der Waals surface area contributed by atoms with Crippen LogP contribution in [0.4, 0.5) is 15.8 Å². The van der Waals surface area contributed by atoms with Crippen LogP contribution in [0, 0.1) is 28.6 Å². The third kappa shape index (κ3) is 5.78. The van der Waals surface area contributed by atoms with Gasteiger partial charge in [-0.05, 0) is 48.6 Å². The Balaban J connectivity index is 1.44. The number of nitriles is 2. The lowest BCUT2D eigenvalue weighted by atomic mass is 9.70. The number of aromatic nitrogens is 2. The van der Waals surface area contributed by atoms with Crippen molar-refractivity contribution >= 4 is 41.7 Å². The summed E-state index contributed by atoms with van der Waals surface area (Å²) in [5.74, 6) is -0.568. The molecule has 0 saturated heterocycles. The lowest BCUT2D eigenvalue weighted by Crippen LogP contribution is -2.45. The summed E-state index contributed by atoms with van der Waals surface area (Å²) in [6.07, 6.45) is 8.11. The number of rotatable bonds is 10. The van der Waals surface area contributed by atoms with Crippen LogP contribution in [0.3, 0.4) is 0 Å². The molecule has 2 aromatic heterocycles. The fraction of sp³-hybridized carbons (Fsp3) is 0.226. The lowest BCUT2D eigenvalue weighted by Gasteiger charge is -2.33. The van der Waals surface area contributed by atoms with Gasteiger partial charge in [0.2, 0.25) is 5.95 Å². The van der Waals surface area contributed by atoms with Crippen molar-refractivity contribution in [2.45, 2.75) is 43.2 Å². The molecule has 4 N–H and O–H groups in total. The summed E-state index contributed by atoms with van der Waals surface area (Å²) in [6, 6.07) is 21.2. The van der Waals surface area contributed by atoms with E-state index in [1.54, 1.807) is 12.1 Å². The van der Waals surface area contributed by atoms with E-state index in [9.17, 15) is 14.9 Å². The van der Waals surface area contributed by atoms with E-state index in [4.69, 9.17) is 11.6 Å². The molecule has 3 heterocycles. The van der Waals surface area contributed by atoms with Gasteiger partial charge in [-0.3, -0.25) is 9.99 Å². The van der Waals surface area contributed by atoms with E-state index in [0.29, 0.717) is 51.7 Å². The molecule has 0 bridgehead atoms. The third-order valence-electron chi connectivity index (χ3n) is 7.88. The van der Waals surface area contributed by atoms with Crippen LogP contribution in [-0.2, 0) is 5.44 Å². The number of hydrazine groups is 2. The number of hydrogen-bond donors (Lipinski definition) is 4. The van der Waals surface area contributed by atoms with Gasteiger partial charge in [-0.25, -0.2) is 4.98 Å². The number of halogens is 2. The highest BCUT2D eigenvalue weighted by atomic mass is 35.5. The molecule has 6 rings (SSSR count). The second-order valence-corrected chi connectivity index (χ2v) is 11.3. The zero-order valence-electron chi connectivity index (χ0n) is 23.4. The molecule has 2 aromatic carbocycles. The largest absolute Gasteiger partial charge is 0.378 e. The average Bonchev–Trinajstić information content (AvgIpc) is 3.75. The fourth-order valence-electron chi connectivity index (χ4n) is 5.35.